The number of anilines is 1. The lowest BCUT2D eigenvalue weighted by Gasteiger charge is -2.20. The maximum absolute atomic E-state index is 12.4. The van der Waals surface area contributed by atoms with Crippen LogP contribution in [0.4, 0.5) is 5.69 Å². The average molecular weight is 336 g/mol. The highest BCUT2D eigenvalue weighted by Crippen LogP contribution is 2.10. The minimum Gasteiger partial charge on any atom is -0.299 e. The molecule has 0 saturated carbocycles. The monoisotopic (exact) mass is 336 g/mol. The molecule has 1 amide bonds. The molecule has 0 radical (unpaired) electrons. The predicted molar refractivity (Wildman–Crippen MR) is 98.3 cm³/mol. The van der Waals surface area contributed by atoms with Crippen molar-refractivity contribution in [3.63, 3.8) is 0 Å². The molecule has 3 rings (SSSR count). The summed E-state index contributed by atoms with van der Waals surface area (Å²) >= 11 is 0. The molecule has 0 aliphatic heterocycles. The van der Waals surface area contributed by atoms with Crippen molar-refractivity contribution in [3.05, 3.63) is 70.8 Å². The zero-order valence-electron chi connectivity index (χ0n) is 14.3. The number of rotatable bonds is 5. The van der Waals surface area contributed by atoms with Crippen LogP contribution in [-0.2, 0) is 18.3 Å². The normalized spacial score (nSPS) is 10.6. The van der Waals surface area contributed by atoms with Gasteiger partial charge in [-0.05, 0) is 24.3 Å². The van der Waals surface area contributed by atoms with Crippen molar-refractivity contribution >= 4 is 22.5 Å². The van der Waals surface area contributed by atoms with Gasteiger partial charge in [-0.25, -0.2) is 4.98 Å². The first-order chi connectivity index (χ1) is 12.1. The lowest BCUT2D eigenvalue weighted by molar-refractivity contribution is -0.121. The van der Waals surface area contributed by atoms with Gasteiger partial charge in [0.2, 0.25) is 5.91 Å². The summed E-state index contributed by atoms with van der Waals surface area (Å²) < 4.78 is 1.51. The molecule has 0 bridgehead atoms. The summed E-state index contributed by atoms with van der Waals surface area (Å²) in [6.45, 7) is 0. The van der Waals surface area contributed by atoms with E-state index in [1.807, 2.05) is 48.5 Å². The molecule has 0 spiro atoms. The van der Waals surface area contributed by atoms with Gasteiger partial charge in [-0.2, -0.15) is 0 Å². The maximum Gasteiger partial charge on any atom is 0.261 e. The first-order valence-electron chi connectivity index (χ1n) is 8.09. The van der Waals surface area contributed by atoms with Gasteiger partial charge in [0, 0.05) is 26.9 Å². The van der Waals surface area contributed by atoms with Gasteiger partial charge in [-0.15, -0.1) is 0 Å². The summed E-state index contributed by atoms with van der Waals surface area (Å²) in [7, 11) is 3.47. The van der Waals surface area contributed by atoms with Gasteiger partial charge in [0.25, 0.3) is 5.56 Å². The minimum atomic E-state index is -0.131. The number of aryl methyl sites for hydroxylation is 1. The van der Waals surface area contributed by atoms with Gasteiger partial charge in [-0.3, -0.25) is 24.6 Å². The van der Waals surface area contributed by atoms with Gasteiger partial charge in [0.15, 0.2) is 0 Å². The largest absolute Gasteiger partial charge is 0.299 e. The molecule has 0 unspecified atom stereocenters. The zero-order chi connectivity index (χ0) is 17.8. The number of aromatic nitrogens is 2. The zero-order valence-corrected chi connectivity index (χ0v) is 14.3. The smallest absolute Gasteiger partial charge is 0.261 e. The summed E-state index contributed by atoms with van der Waals surface area (Å²) in [5, 5.41) is 2.26. The molecule has 0 aliphatic carbocycles. The Morgan fingerprint density at radius 2 is 1.80 bits per heavy atom. The second-order valence-corrected chi connectivity index (χ2v) is 5.84. The number of carbonyl (C=O) groups excluding carboxylic acids is 1. The van der Waals surface area contributed by atoms with E-state index in [-0.39, 0.29) is 17.9 Å². The number of para-hydroxylation sites is 2. The maximum atomic E-state index is 12.4. The Hall–Kier alpha value is -3.15. The molecular formula is C19H20N4O2. The summed E-state index contributed by atoms with van der Waals surface area (Å²) in [6, 6.07) is 16.8. The molecule has 25 heavy (non-hydrogen) atoms. The van der Waals surface area contributed by atoms with Crippen LogP contribution >= 0.6 is 0 Å². The Morgan fingerprint density at radius 3 is 2.56 bits per heavy atom. The van der Waals surface area contributed by atoms with Crippen molar-refractivity contribution in [2.75, 3.05) is 12.1 Å². The van der Waals surface area contributed by atoms with Crippen LogP contribution in [0, 0.1) is 0 Å². The molecule has 1 aromatic heterocycles. The highest BCUT2D eigenvalue weighted by molar-refractivity contribution is 5.79. The van der Waals surface area contributed by atoms with Crippen LogP contribution in [0.2, 0.25) is 0 Å². The van der Waals surface area contributed by atoms with Crippen molar-refractivity contribution in [2.45, 2.75) is 12.8 Å². The van der Waals surface area contributed by atoms with Crippen LogP contribution in [0.5, 0.6) is 0 Å². The van der Waals surface area contributed by atoms with Gasteiger partial charge in [0.1, 0.15) is 5.82 Å². The molecule has 1 heterocycles. The fourth-order valence-corrected chi connectivity index (χ4v) is 2.67. The van der Waals surface area contributed by atoms with E-state index in [2.05, 4.69) is 10.4 Å². The van der Waals surface area contributed by atoms with E-state index in [1.54, 1.807) is 25.2 Å². The van der Waals surface area contributed by atoms with Crippen molar-refractivity contribution in [1.29, 1.82) is 0 Å². The third-order valence-electron chi connectivity index (χ3n) is 4.09. The second kappa shape index (κ2) is 7.17. The second-order valence-electron chi connectivity index (χ2n) is 5.84. The third-order valence-corrected chi connectivity index (χ3v) is 4.09. The number of nitrogens with one attached hydrogen (secondary N) is 1. The van der Waals surface area contributed by atoms with Gasteiger partial charge in [-0.1, -0.05) is 30.3 Å². The number of benzene rings is 2. The quantitative estimate of drug-likeness (QED) is 0.724. The number of fused-ring (bicyclic) bond motifs is 1. The molecule has 0 aliphatic rings. The summed E-state index contributed by atoms with van der Waals surface area (Å²) in [5.41, 5.74) is 4.27. The molecule has 0 saturated heterocycles. The molecule has 6 nitrogen and oxygen atoms in total. The van der Waals surface area contributed by atoms with Crippen molar-refractivity contribution in [2.24, 2.45) is 7.05 Å². The van der Waals surface area contributed by atoms with Crippen LogP contribution in [0.15, 0.2) is 59.4 Å². The van der Waals surface area contributed by atoms with Crippen LogP contribution in [0.3, 0.4) is 0 Å². The SMILES string of the molecule is CN(NC(=O)CCc1nc2ccccc2c(=O)n1C)c1ccccc1. The minimum absolute atomic E-state index is 0.0950. The number of nitrogens with zero attached hydrogens (tertiary/aromatic N) is 3. The van der Waals surface area contributed by atoms with Gasteiger partial charge in [0.05, 0.1) is 16.6 Å². The fraction of sp³-hybridized carbons (Fsp3) is 0.211. The number of amides is 1. The Bertz CT molecular complexity index is 951. The van der Waals surface area contributed by atoms with E-state index in [9.17, 15) is 9.59 Å². The first kappa shape index (κ1) is 16.7. The summed E-state index contributed by atoms with van der Waals surface area (Å²) in [4.78, 5) is 29.1. The Morgan fingerprint density at radius 1 is 1.12 bits per heavy atom. The number of carbonyl (C=O) groups is 1. The van der Waals surface area contributed by atoms with Crippen LogP contribution in [0.25, 0.3) is 10.9 Å². The number of hydrazine groups is 1. The van der Waals surface area contributed by atoms with E-state index in [0.29, 0.717) is 23.1 Å². The van der Waals surface area contributed by atoms with Gasteiger partial charge < -0.3 is 0 Å². The molecular weight excluding hydrogens is 316 g/mol. The van der Waals surface area contributed by atoms with E-state index in [0.717, 1.165) is 5.69 Å². The standard InChI is InChI=1S/C19H20N4O2/c1-22-17(20-16-11-7-6-10-15(16)19(22)25)12-13-18(24)21-23(2)14-8-4-3-5-9-14/h3-11H,12-13H2,1-2H3,(H,21,24). The summed E-state index contributed by atoms with van der Waals surface area (Å²) in [5.74, 6) is 0.468. The molecule has 1 N–H and O–H groups in total. The Labute approximate surface area is 145 Å². The van der Waals surface area contributed by atoms with Crippen molar-refractivity contribution in [3.8, 4) is 0 Å². The summed E-state index contributed by atoms with van der Waals surface area (Å²) in [6.07, 6.45) is 0.640. The molecule has 128 valence electrons. The predicted octanol–water partition coefficient (Wildman–Crippen LogP) is 2.03. The van der Waals surface area contributed by atoms with E-state index in [4.69, 9.17) is 0 Å². The van der Waals surface area contributed by atoms with E-state index >= 15 is 0 Å². The first-order valence-corrected chi connectivity index (χ1v) is 8.09. The van der Waals surface area contributed by atoms with E-state index in [1.165, 1.54) is 4.57 Å². The molecule has 3 aromatic rings. The Kier molecular flexibility index (Phi) is 4.79. The Balaban J connectivity index is 1.69. The number of hydrogen-bond donors (Lipinski definition) is 1. The van der Waals surface area contributed by atoms with Crippen LogP contribution in [0.1, 0.15) is 12.2 Å². The average Bonchev–Trinajstić information content (AvgIpc) is 2.64. The highest BCUT2D eigenvalue weighted by Gasteiger charge is 2.11. The van der Waals surface area contributed by atoms with Gasteiger partial charge >= 0.3 is 0 Å². The lowest BCUT2D eigenvalue weighted by Crippen LogP contribution is -2.39. The molecule has 6 heteroatoms. The fourth-order valence-electron chi connectivity index (χ4n) is 2.67. The molecule has 0 fully saturated rings. The number of hydrogen-bond acceptors (Lipinski definition) is 4. The van der Waals surface area contributed by atoms with Crippen LogP contribution in [-0.4, -0.2) is 22.5 Å². The van der Waals surface area contributed by atoms with E-state index < -0.39 is 0 Å². The molecule has 0 atom stereocenters. The highest BCUT2D eigenvalue weighted by atomic mass is 16.2. The topological polar surface area (TPSA) is 67.2 Å². The lowest BCUT2D eigenvalue weighted by atomic mass is 10.2. The third kappa shape index (κ3) is 3.68. The van der Waals surface area contributed by atoms with Crippen LogP contribution < -0.4 is 16.0 Å². The molecule has 2 aromatic carbocycles. The van der Waals surface area contributed by atoms with Crippen molar-refractivity contribution < 1.29 is 4.79 Å². The van der Waals surface area contributed by atoms with Crippen molar-refractivity contribution in [1.82, 2.24) is 15.0 Å².